The van der Waals surface area contributed by atoms with E-state index in [9.17, 15) is 4.79 Å². The van der Waals surface area contributed by atoms with Crippen LogP contribution in [0.15, 0.2) is 5.76 Å². The maximum Gasteiger partial charge on any atom is 0.179 e. The van der Waals surface area contributed by atoms with Gasteiger partial charge in [-0.1, -0.05) is 13.8 Å². The van der Waals surface area contributed by atoms with Crippen LogP contribution < -0.4 is 0 Å². The molecule has 2 nitrogen and oxygen atoms in total. The first-order valence-electron chi connectivity index (χ1n) is 2.98. The molecule has 2 heteroatoms. The van der Waals surface area contributed by atoms with Gasteiger partial charge in [-0.3, -0.25) is 0 Å². The minimum atomic E-state index is 0.407. The second-order valence-corrected chi connectivity index (χ2v) is 2.33. The number of rotatable bonds is 3. The molecular formula is C7H12O2. The average Bonchev–Trinajstić information content (AvgIpc) is 1.82. The van der Waals surface area contributed by atoms with Crippen molar-refractivity contribution in [2.24, 2.45) is 5.92 Å². The van der Waals surface area contributed by atoms with Crippen LogP contribution in [0.2, 0.25) is 0 Å². The topological polar surface area (TPSA) is 26.3 Å². The van der Waals surface area contributed by atoms with Crippen LogP contribution >= 0.6 is 0 Å². The van der Waals surface area contributed by atoms with E-state index in [2.05, 4.69) is 0 Å². The van der Waals surface area contributed by atoms with E-state index in [1.165, 1.54) is 7.11 Å². The van der Waals surface area contributed by atoms with E-state index < -0.39 is 0 Å². The first-order chi connectivity index (χ1) is 4.20. The third-order valence-electron chi connectivity index (χ3n) is 0.954. The smallest absolute Gasteiger partial charge is 0.179 e. The zero-order chi connectivity index (χ0) is 7.28. The van der Waals surface area contributed by atoms with Gasteiger partial charge in [0.15, 0.2) is 11.7 Å². The molecular weight excluding hydrogens is 116 g/mol. The molecule has 0 aliphatic heterocycles. The molecule has 0 saturated carbocycles. The van der Waals surface area contributed by atoms with Crippen molar-refractivity contribution in [3.63, 3.8) is 0 Å². The molecule has 0 aromatic rings. The standard InChI is InChI=1S/C7H12O2/c1-6(2)4-7(5-8)9-3/h6H,4H2,1-3H3. The van der Waals surface area contributed by atoms with Crippen molar-refractivity contribution in [3.8, 4) is 0 Å². The highest BCUT2D eigenvalue weighted by Gasteiger charge is 1.99. The van der Waals surface area contributed by atoms with E-state index in [1.807, 2.05) is 13.8 Å². The Labute approximate surface area is 55.5 Å². The Morgan fingerprint density at radius 3 is 2.33 bits per heavy atom. The van der Waals surface area contributed by atoms with Gasteiger partial charge in [-0.25, -0.2) is 4.79 Å². The van der Waals surface area contributed by atoms with Gasteiger partial charge in [0.25, 0.3) is 0 Å². The predicted molar refractivity (Wildman–Crippen MR) is 35.7 cm³/mol. The largest absolute Gasteiger partial charge is 0.490 e. The van der Waals surface area contributed by atoms with Gasteiger partial charge in [0.05, 0.1) is 7.11 Å². The van der Waals surface area contributed by atoms with Gasteiger partial charge in [0.1, 0.15) is 0 Å². The molecule has 0 aromatic heterocycles. The second-order valence-electron chi connectivity index (χ2n) is 2.33. The first kappa shape index (κ1) is 8.25. The molecule has 52 valence electrons. The first-order valence-corrected chi connectivity index (χ1v) is 2.98. The van der Waals surface area contributed by atoms with Gasteiger partial charge in [-0.15, -0.1) is 0 Å². The molecule has 0 rings (SSSR count). The van der Waals surface area contributed by atoms with Crippen molar-refractivity contribution in [2.75, 3.05) is 7.11 Å². The van der Waals surface area contributed by atoms with Gasteiger partial charge in [-0.05, 0) is 5.92 Å². The Balaban J connectivity index is 3.72. The zero-order valence-corrected chi connectivity index (χ0v) is 6.10. The molecule has 0 atom stereocenters. The summed E-state index contributed by atoms with van der Waals surface area (Å²) in [6, 6.07) is 0. The lowest BCUT2D eigenvalue weighted by atomic mass is 10.1. The summed E-state index contributed by atoms with van der Waals surface area (Å²) in [7, 11) is 1.49. The molecule has 9 heavy (non-hydrogen) atoms. The fourth-order valence-corrected chi connectivity index (χ4v) is 0.537. The van der Waals surface area contributed by atoms with E-state index in [1.54, 1.807) is 5.94 Å². The number of hydrogen-bond donors (Lipinski definition) is 0. The molecule has 0 radical (unpaired) electrons. The summed E-state index contributed by atoms with van der Waals surface area (Å²) in [5.41, 5.74) is 0. The number of carbonyl (C=O) groups excluding carboxylic acids is 1. The summed E-state index contributed by atoms with van der Waals surface area (Å²) >= 11 is 0. The maximum atomic E-state index is 9.98. The summed E-state index contributed by atoms with van der Waals surface area (Å²) in [5.74, 6) is 2.59. The van der Waals surface area contributed by atoms with Crippen LogP contribution in [0.5, 0.6) is 0 Å². The molecule has 0 aliphatic carbocycles. The van der Waals surface area contributed by atoms with Crippen molar-refractivity contribution < 1.29 is 9.53 Å². The van der Waals surface area contributed by atoms with E-state index in [-0.39, 0.29) is 0 Å². The van der Waals surface area contributed by atoms with E-state index >= 15 is 0 Å². The van der Waals surface area contributed by atoms with Crippen molar-refractivity contribution in [2.45, 2.75) is 20.3 Å². The third-order valence-corrected chi connectivity index (χ3v) is 0.954. The Hall–Kier alpha value is -0.750. The molecule has 0 aliphatic rings. The monoisotopic (exact) mass is 128 g/mol. The molecule has 0 saturated heterocycles. The van der Waals surface area contributed by atoms with Crippen LogP contribution in [-0.2, 0) is 9.53 Å². The van der Waals surface area contributed by atoms with Crippen LogP contribution in [0.1, 0.15) is 20.3 Å². The fourth-order valence-electron chi connectivity index (χ4n) is 0.537. The summed E-state index contributed by atoms with van der Waals surface area (Å²) in [4.78, 5) is 9.98. The minimum Gasteiger partial charge on any atom is -0.490 e. The molecule has 0 fully saturated rings. The van der Waals surface area contributed by atoms with Crippen molar-refractivity contribution in [1.29, 1.82) is 0 Å². The van der Waals surface area contributed by atoms with Gasteiger partial charge in [0.2, 0.25) is 0 Å². The lowest BCUT2D eigenvalue weighted by Crippen LogP contribution is -1.93. The van der Waals surface area contributed by atoms with Crippen LogP contribution in [-0.4, -0.2) is 13.1 Å². The predicted octanol–water partition coefficient (Wildman–Crippen LogP) is 1.39. The van der Waals surface area contributed by atoms with E-state index in [4.69, 9.17) is 4.74 Å². The maximum absolute atomic E-state index is 9.98. The highest BCUT2D eigenvalue weighted by molar-refractivity contribution is 5.49. The number of methoxy groups -OCH3 is 1. The molecule has 0 heterocycles. The van der Waals surface area contributed by atoms with Crippen LogP contribution in [0.25, 0.3) is 0 Å². The Bertz CT molecular complexity index is 121. The van der Waals surface area contributed by atoms with Gasteiger partial charge >= 0.3 is 0 Å². The summed E-state index contributed by atoms with van der Waals surface area (Å²) in [6.45, 7) is 4.05. The zero-order valence-electron chi connectivity index (χ0n) is 6.10. The summed E-state index contributed by atoms with van der Waals surface area (Å²) in [5, 5.41) is 0. The average molecular weight is 128 g/mol. The lowest BCUT2D eigenvalue weighted by molar-refractivity contribution is 0.269. The third kappa shape index (κ3) is 3.80. The van der Waals surface area contributed by atoms with Crippen molar-refractivity contribution in [3.05, 3.63) is 5.76 Å². The Morgan fingerprint density at radius 1 is 1.67 bits per heavy atom. The van der Waals surface area contributed by atoms with Gasteiger partial charge in [0, 0.05) is 6.42 Å². The van der Waals surface area contributed by atoms with Crippen molar-refractivity contribution in [1.82, 2.24) is 0 Å². The van der Waals surface area contributed by atoms with Crippen LogP contribution in [0.3, 0.4) is 0 Å². The minimum absolute atomic E-state index is 0.407. The lowest BCUT2D eigenvalue weighted by Gasteiger charge is -2.02. The summed E-state index contributed by atoms with van der Waals surface area (Å²) in [6.07, 6.45) is 0.681. The second kappa shape index (κ2) is 4.16. The van der Waals surface area contributed by atoms with Crippen LogP contribution in [0.4, 0.5) is 0 Å². The Kier molecular flexibility index (Phi) is 3.81. The van der Waals surface area contributed by atoms with Gasteiger partial charge < -0.3 is 4.74 Å². The molecule has 0 unspecified atom stereocenters. The molecule has 0 amide bonds. The highest BCUT2D eigenvalue weighted by atomic mass is 16.5. The van der Waals surface area contributed by atoms with Crippen molar-refractivity contribution >= 4 is 5.94 Å². The normalized spacial score (nSPS) is 8.89. The molecule has 0 bridgehead atoms. The highest BCUT2D eigenvalue weighted by Crippen LogP contribution is 2.06. The SMILES string of the molecule is COC(=C=O)CC(C)C. The number of ether oxygens (including phenoxy) is 1. The molecule has 0 N–H and O–H groups in total. The van der Waals surface area contributed by atoms with Crippen LogP contribution in [0, 0.1) is 5.92 Å². The Morgan fingerprint density at radius 2 is 2.22 bits per heavy atom. The summed E-state index contributed by atoms with van der Waals surface area (Å²) < 4.78 is 4.70. The van der Waals surface area contributed by atoms with E-state index in [0.29, 0.717) is 18.1 Å². The molecule has 0 aromatic carbocycles. The van der Waals surface area contributed by atoms with E-state index in [0.717, 1.165) is 0 Å². The fraction of sp³-hybridized carbons (Fsp3) is 0.714. The van der Waals surface area contributed by atoms with Gasteiger partial charge in [-0.2, -0.15) is 0 Å². The number of allylic oxidation sites excluding steroid dienone is 1. The number of hydrogen-bond acceptors (Lipinski definition) is 2. The quantitative estimate of drug-likeness (QED) is 0.424. The molecule has 0 spiro atoms.